The molecule has 17 heavy (non-hydrogen) atoms. The van der Waals surface area contributed by atoms with E-state index in [1.807, 2.05) is 10.9 Å². The second-order valence-electron chi connectivity index (χ2n) is 5.42. The predicted molar refractivity (Wildman–Crippen MR) is 71.0 cm³/mol. The zero-order chi connectivity index (χ0) is 12.1. The molecule has 1 aliphatic carbocycles. The quantitative estimate of drug-likeness (QED) is 0.850. The molecule has 0 spiro atoms. The van der Waals surface area contributed by atoms with Crippen LogP contribution in [-0.4, -0.2) is 22.4 Å². The van der Waals surface area contributed by atoms with Gasteiger partial charge in [-0.15, -0.1) is 0 Å². The van der Waals surface area contributed by atoms with Crippen molar-refractivity contribution in [3.05, 3.63) is 18.0 Å². The average molecular weight is 235 g/mol. The van der Waals surface area contributed by atoms with Crippen molar-refractivity contribution in [2.24, 2.45) is 5.92 Å². The Bertz CT molecular complexity index is 326. The molecule has 96 valence electrons. The number of nitrogens with zero attached hydrogens (tertiary/aromatic N) is 2. The van der Waals surface area contributed by atoms with Gasteiger partial charge < -0.3 is 5.32 Å². The lowest BCUT2D eigenvalue weighted by Crippen LogP contribution is -2.36. The maximum atomic E-state index is 4.30. The number of rotatable bonds is 5. The molecule has 1 aromatic rings. The average Bonchev–Trinajstić information content (AvgIpc) is 2.76. The highest BCUT2D eigenvalue weighted by atomic mass is 15.3. The zero-order valence-corrected chi connectivity index (χ0v) is 11.2. The van der Waals surface area contributed by atoms with Crippen molar-refractivity contribution < 1.29 is 0 Å². The van der Waals surface area contributed by atoms with Gasteiger partial charge in [-0.2, -0.15) is 5.10 Å². The number of hydrogen-bond acceptors (Lipinski definition) is 2. The van der Waals surface area contributed by atoms with E-state index in [2.05, 4.69) is 30.5 Å². The maximum absolute atomic E-state index is 4.30. The van der Waals surface area contributed by atoms with Crippen LogP contribution in [0.1, 0.15) is 44.6 Å². The first-order valence-corrected chi connectivity index (χ1v) is 6.98. The van der Waals surface area contributed by atoms with Crippen LogP contribution in [0.4, 0.5) is 0 Å². The van der Waals surface area contributed by atoms with Gasteiger partial charge in [-0.3, -0.25) is 4.68 Å². The molecular weight excluding hydrogens is 210 g/mol. The summed E-state index contributed by atoms with van der Waals surface area (Å²) >= 11 is 0. The van der Waals surface area contributed by atoms with Crippen LogP contribution in [0.25, 0.3) is 0 Å². The van der Waals surface area contributed by atoms with Gasteiger partial charge in [0.1, 0.15) is 0 Å². The summed E-state index contributed by atoms with van der Waals surface area (Å²) in [5.74, 6) is 0.892. The topological polar surface area (TPSA) is 29.9 Å². The number of nitrogens with one attached hydrogen (secondary N) is 1. The monoisotopic (exact) mass is 235 g/mol. The fraction of sp³-hybridized carbons (Fsp3) is 0.786. The Balaban J connectivity index is 1.67. The lowest BCUT2D eigenvalue weighted by Gasteiger charge is -2.28. The Morgan fingerprint density at radius 1 is 1.41 bits per heavy atom. The van der Waals surface area contributed by atoms with Crippen LogP contribution >= 0.6 is 0 Å². The second-order valence-corrected chi connectivity index (χ2v) is 5.42. The fourth-order valence-corrected chi connectivity index (χ4v) is 2.80. The van der Waals surface area contributed by atoms with Crippen molar-refractivity contribution in [1.29, 1.82) is 0 Å². The lowest BCUT2D eigenvalue weighted by atomic mass is 9.84. The van der Waals surface area contributed by atoms with E-state index < -0.39 is 0 Å². The van der Waals surface area contributed by atoms with Crippen LogP contribution in [0.2, 0.25) is 0 Å². The Labute approximate surface area is 105 Å². The highest BCUT2D eigenvalue weighted by Crippen LogP contribution is 2.26. The molecule has 1 aromatic heterocycles. The summed E-state index contributed by atoms with van der Waals surface area (Å²) in [6.07, 6.45) is 11.1. The van der Waals surface area contributed by atoms with Crippen LogP contribution < -0.4 is 5.32 Å². The third-order valence-electron chi connectivity index (χ3n) is 3.93. The molecular formula is C14H25N3. The Kier molecular flexibility index (Phi) is 4.60. The number of aromatic nitrogens is 2. The van der Waals surface area contributed by atoms with Crippen molar-refractivity contribution in [3.63, 3.8) is 0 Å². The summed E-state index contributed by atoms with van der Waals surface area (Å²) < 4.78 is 2.02. The molecule has 0 aromatic carbocycles. The van der Waals surface area contributed by atoms with Crippen LogP contribution in [0, 0.1) is 12.8 Å². The van der Waals surface area contributed by atoms with E-state index in [1.54, 1.807) is 0 Å². The Hall–Kier alpha value is -0.830. The predicted octanol–water partition coefficient (Wildman–Crippen LogP) is 2.75. The van der Waals surface area contributed by atoms with Gasteiger partial charge in [-0.1, -0.05) is 19.3 Å². The van der Waals surface area contributed by atoms with Gasteiger partial charge in [0, 0.05) is 18.8 Å². The summed E-state index contributed by atoms with van der Waals surface area (Å²) in [5, 5.41) is 7.95. The minimum atomic E-state index is 0.659. The molecule has 0 radical (unpaired) electrons. The van der Waals surface area contributed by atoms with Crippen molar-refractivity contribution >= 4 is 0 Å². The molecule has 1 fully saturated rings. The first-order valence-electron chi connectivity index (χ1n) is 6.98. The maximum Gasteiger partial charge on any atom is 0.0534 e. The van der Waals surface area contributed by atoms with Crippen LogP contribution in [0.5, 0.6) is 0 Å². The van der Waals surface area contributed by atoms with E-state index in [9.17, 15) is 0 Å². The van der Waals surface area contributed by atoms with Crippen LogP contribution in [0.15, 0.2) is 12.4 Å². The highest BCUT2D eigenvalue weighted by molar-refractivity contribution is 4.99. The summed E-state index contributed by atoms with van der Waals surface area (Å²) in [5.41, 5.74) is 1.24. The van der Waals surface area contributed by atoms with Gasteiger partial charge in [0.25, 0.3) is 0 Å². The summed E-state index contributed by atoms with van der Waals surface area (Å²) in [7, 11) is 0. The lowest BCUT2D eigenvalue weighted by molar-refractivity contribution is 0.279. The van der Waals surface area contributed by atoms with E-state index in [1.165, 1.54) is 37.7 Å². The molecule has 1 unspecified atom stereocenters. The van der Waals surface area contributed by atoms with Crippen LogP contribution in [0.3, 0.4) is 0 Å². The molecule has 1 aliphatic rings. The minimum absolute atomic E-state index is 0.659. The third kappa shape index (κ3) is 3.84. The first-order chi connectivity index (χ1) is 8.25. The summed E-state index contributed by atoms with van der Waals surface area (Å²) in [6, 6.07) is 0.659. The summed E-state index contributed by atoms with van der Waals surface area (Å²) in [6.45, 7) is 6.43. The van der Waals surface area contributed by atoms with Crippen molar-refractivity contribution in [2.45, 2.75) is 58.5 Å². The molecule has 0 amide bonds. The Morgan fingerprint density at radius 2 is 2.18 bits per heavy atom. The molecule has 0 aliphatic heterocycles. The number of hydrogen-bond donors (Lipinski definition) is 1. The smallest absolute Gasteiger partial charge is 0.0534 e. The van der Waals surface area contributed by atoms with E-state index in [4.69, 9.17) is 0 Å². The van der Waals surface area contributed by atoms with Crippen molar-refractivity contribution in [3.8, 4) is 0 Å². The molecule has 1 saturated carbocycles. The van der Waals surface area contributed by atoms with Crippen molar-refractivity contribution in [1.82, 2.24) is 15.1 Å². The zero-order valence-electron chi connectivity index (χ0n) is 11.2. The van der Waals surface area contributed by atoms with Gasteiger partial charge in [0.15, 0.2) is 0 Å². The summed E-state index contributed by atoms with van der Waals surface area (Å²) in [4.78, 5) is 0. The van der Waals surface area contributed by atoms with Gasteiger partial charge in [0.05, 0.1) is 12.7 Å². The molecule has 2 rings (SSSR count). The minimum Gasteiger partial charge on any atom is -0.312 e. The third-order valence-corrected chi connectivity index (χ3v) is 3.93. The molecule has 3 heteroatoms. The molecule has 1 atom stereocenters. The van der Waals surface area contributed by atoms with Gasteiger partial charge in [-0.05, 0) is 38.2 Å². The van der Waals surface area contributed by atoms with E-state index in [0.29, 0.717) is 6.04 Å². The van der Waals surface area contributed by atoms with Crippen LogP contribution in [-0.2, 0) is 6.54 Å². The van der Waals surface area contributed by atoms with Gasteiger partial charge >= 0.3 is 0 Å². The standard InChI is InChI=1S/C14H25N3/c1-12-10-16-17(11-12)9-8-15-13(2)14-6-4-3-5-7-14/h10-11,13-15H,3-9H2,1-2H3. The first kappa shape index (κ1) is 12.6. The Morgan fingerprint density at radius 3 is 2.82 bits per heavy atom. The molecule has 0 saturated heterocycles. The largest absolute Gasteiger partial charge is 0.312 e. The fourth-order valence-electron chi connectivity index (χ4n) is 2.80. The van der Waals surface area contributed by atoms with Crippen molar-refractivity contribution in [2.75, 3.05) is 6.54 Å². The molecule has 1 N–H and O–H groups in total. The van der Waals surface area contributed by atoms with E-state index in [-0.39, 0.29) is 0 Å². The highest BCUT2D eigenvalue weighted by Gasteiger charge is 2.19. The molecule has 0 bridgehead atoms. The second kappa shape index (κ2) is 6.20. The van der Waals surface area contributed by atoms with E-state index >= 15 is 0 Å². The SMILES string of the molecule is Cc1cnn(CCNC(C)C2CCCCC2)c1. The van der Waals surface area contributed by atoms with Gasteiger partial charge in [0.2, 0.25) is 0 Å². The normalized spacial score (nSPS) is 19.4. The van der Waals surface area contributed by atoms with Gasteiger partial charge in [-0.25, -0.2) is 0 Å². The number of aryl methyl sites for hydroxylation is 1. The molecule has 1 heterocycles. The molecule has 3 nitrogen and oxygen atoms in total. The van der Waals surface area contributed by atoms with E-state index in [0.717, 1.165) is 19.0 Å².